The van der Waals surface area contributed by atoms with Crippen LogP contribution in [-0.4, -0.2) is 22.6 Å². The van der Waals surface area contributed by atoms with E-state index in [-0.39, 0.29) is 4.88 Å². The molecule has 5 nitrogen and oxygen atoms in total. The molecule has 0 aliphatic rings. The average molecular weight is 287 g/mol. The number of carboxylic acid groups (broad SMARTS) is 1. The molecule has 1 heterocycles. The van der Waals surface area contributed by atoms with Crippen molar-refractivity contribution in [2.75, 3.05) is 11.4 Å². The number of aryl methyl sites for hydroxylation is 1. The fourth-order valence-electron chi connectivity index (χ4n) is 1.80. The minimum atomic E-state index is -0.973. The predicted octanol–water partition coefficient (Wildman–Crippen LogP) is 3.20. The Balaban J connectivity index is 2.39. The lowest BCUT2D eigenvalue weighted by molar-refractivity contribution is 0.0701. The molecule has 0 amide bonds. The van der Waals surface area contributed by atoms with Crippen LogP contribution in [0.5, 0.6) is 0 Å². The summed E-state index contributed by atoms with van der Waals surface area (Å²) in [5.41, 5.74) is 1.39. The van der Waals surface area contributed by atoms with Crippen molar-refractivity contribution >= 4 is 28.1 Å². The maximum absolute atomic E-state index is 11.1. The second-order valence-corrected chi connectivity index (χ2v) is 5.09. The highest BCUT2D eigenvalue weighted by atomic mass is 32.1. The number of hydrogen-bond acceptors (Lipinski definition) is 5. The van der Waals surface area contributed by atoms with Gasteiger partial charge in [-0.1, -0.05) is 29.5 Å². The standard InChI is InChI=1S/C14H13N3O2S/c1-10-12(13(18)19)20-14(16-10)17(9-5-8-15)11-6-3-2-4-7-11/h2-4,6-7H,5,9H2,1H3,(H,18,19). The Morgan fingerprint density at radius 2 is 2.15 bits per heavy atom. The molecule has 2 rings (SSSR count). The van der Waals surface area contributed by atoms with Crippen LogP contribution in [0.4, 0.5) is 10.8 Å². The Morgan fingerprint density at radius 1 is 1.45 bits per heavy atom. The summed E-state index contributed by atoms with van der Waals surface area (Å²) in [5.74, 6) is -0.973. The number of thiazole rings is 1. The molecule has 20 heavy (non-hydrogen) atoms. The predicted molar refractivity (Wildman–Crippen MR) is 77.5 cm³/mol. The lowest BCUT2D eigenvalue weighted by atomic mass is 10.3. The van der Waals surface area contributed by atoms with Crippen molar-refractivity contribution in [2.24, 2.45) is 0 Å². The summed E-state index contributed by atoms with van der Waals surface area (Å²) < 4.78 is 0. The van der Waals surface area contributed by atoms with Crippen LogP contribution < -0.4 is 4.90 Å². The first kappa shape index (κ1) is 14.0. The van der Waals surface area contributed by atoms with E-state index in [4.69, 9.17) is 10.4 Å². The van der Waals surface area contributed by atoms with Gasteiger partial charge in [-0.05, 0) is 19.1 Å². The molecular formula is C14H13N3O2S. The highest BCUT2D eigenvalue weighted by Crippen LogP contribution is 2.31. The molecule has 0 aliphatic carbocycles. The van der Waals surface area contributed by atoms with Gasteiger partial charge in [0.1, 0.15) is 4.88 Å². The Labute approximate surface area is 120 Å². The lowest BCUT2D eigenvalue weighted by Gasteiger charge is -2.20. The molecule has 1 aromatic heterocycles. The van der Waals surface area contributed by atoms with Gasteiger partial charge in [-0.2, -0.15) is 5.26 Å². The van der Waals surface area contributed by atoms with Crippen LogP contribution in [0, 0.1) is 18.3 Å². The van der Waals surface area contributed by atoms with E-state index < -0.39 is 5.97 Å². The number of aromatic carboxylic acids is 1. The molecule has 0 bridgehead atoms. The quantitative estimate of drug-likeness (QED) is 0.913. The highest BCUT2D eigenvalue weighted by Gasteiger charge is 2.19. The minimum absolute atomic E-state index is 0.234. The zero-order chi connectivity index (χ0) is 14.5. The third kappa shape index (κ3) is 2.95. The summed E-state index contributed by atoms with van der Waals surface area (Å²) in [6, 6.07) is 11.6. The van der Waals surface area contributed by atoms with Crippen LogP contribution in [0.25, 0.3) is 0 Å². The average Bonchev–Trinajstić information content (AvgIpc) is 2.82. The number of benzene rings is 1. The number of aromatic nitrogens is 1. The fraction of sp³-hybridized carbons (Fsp3) is 0.214. The third-order valence-electron chi connectivity index (χ3n) is 2.73. The largest absolute Gasteiger partial charge is 0.477 e. The summed E-state index contributed by atoms with van der Waals surface area (Å²) in [6.45, 7) is 2.16. The Bertz CT molecular complexity index is 646. The van der Waals surface area contributed by atoms with Crippen molar-refractivity contribution < 1.29 is 9.90 Å². The number of carbonyl (C=O) groups is 1. The van der Waals surface area contributed by atoms with Crippen molar-refractivity contribution in [2.45, 2.75) is 13.3 Å². The van der Waals surface area contributed by atoms with Crippen molar-refractivity contribution in [3.05, 3.63) is 40.9 Å². The van der Waals surface area contributed by atoms with Crippen LogP contribution in [0.15, 0.2) is 30.3 Å². The number of para-hydroxylation sites is 1. The van der Waals surface area contributed by atoms with E-state index in [0.717, 1.165) is 17.0 Å². The topological polar surface area (TPSA) is 77.2 Å². The maximum atomic E-state index is 11.1. The molecular weight excluding hydrogens is 274 g/mol. The normalized spacial score (nSPS) is 10.0. The molecule has 2 aromatic rings. The van der Waals surface area contributed by atoms with Gasteiger partial charge >= 0.3 is 5.97 Å². The molecule has 0 atom stereocenters. The van der Waals surface area contributed by atoms with E-state index in [1.807, 2.05) is 35.2 Å². The van der Waals surface area contributed by atoms with Gasteiger partial charge < -0.3 is 10.0 Å². The van der Waals surface area contributed by atoms with Gasteiger partial charge in [-0.25, -0.2) is 9.78 Å². The van der Waals surface area contributed by atoms with Gasteiger partial charge in [-0.3, -0.25) is 0 Å². The molecule has 1 aromatic carbocycles. The molecule has 6 heteroatoms. The van der Waals surface area contributed by atoms with Crippen LogP contribution in [0.2, 0.25) is 0 Å². The first-order valence-electron chi connectivity index (χ1n) is 6.03. The van der Waals surface area contributed by atoms with Crippen molar-refractivity contribution in [3.63, 3.8) is 0 Å². The number of hydrogen-bond donors (Lipinski definition) is 1. The van der Waals surface area contributed by atoms with Crippen molar-refractivity contribution in [3.8, 4) is 6.07 Å². The van der Waals surface area contributed by atoms with E-state index in [0.29, 0.717) is 23.8 Å². The number of carboxylic acids is 1. The van der Waals surface area contributed by atoms with E-state index in [1.54, 1.807) is 6.92 Å². The van der Waals surface area contributed by atoms with E-state index in [1.165, 1.54) is 0 Å². The summed E-state index contributed by atoms with van der Waals surface area (Å²) in [4.78, 5) is 17.5. The number of nitriles is 1. The second kappa shape index (κ2) is 6.17. The van der Waals surface area contributed by atoms with E-state index >= 15 is 0 Å². The SMILES string of the molecule is Cc1nc(N(CCC#N)c2ccccc2)sc1C(=O)O. The summed E-state index contributed by atoms with van der Waals surface area (Å²) in [6.07, 6.45) is 0.343. The van der Waals surface area contributed by atoms with E-state index in [2.05, 4.69) is 11.1 Å². The van der Waals surface area contributed by atoms with Crippen LogP contribution in [0.1, 0.15) is 21.8 Å². The van der Waals surface area contributed by atoms with Gasteiger partial charge in [0, 0.05) is 12.2 Å². The Hall–Kier alpha value is -2.39. The van der Waals surface area contributed by atoms with Gasteiger partial charge in [0.05, 0.1) is 18.2 Å². The fourth-order valence-corrected chi connectivity index (χ4v) is 2.75. The third-order valence-corrected chi connectivity index (χ3v) is 3.89. The van der Waals surface area contributed by atoms with Gasteiger partial charge in [-0.15, -0.1) is 0 Å². The Morgan fingerprint density at radius 3 is 2.70 bits per heavy atom. The summed E-state index contributed by atoms with van der Waals surface area (Å²) in [5, 5.41) is 18.5. The summed E-state index contributed by atoms with van der Waals surface area (Å²) in [7, 11) is 0. The van der Waals surface area contributed by atoms with Crippen LogP contribution in [-0.2, 0) is 0 Å². The molecule has 102 valence electrons. The smallest absolute Gasteiger partial charge is 0.347 e. The molecule has 0 saturated carbocycles. The van der Waals surface area contributed by atoms with Gasteiger partial charge in [0.2, 0.25) is 0 Å². The number of nitrogens with zero attached hydrogens (tertiary/aromatic N) is 3. The lowest BCUT2D eigenvalue weighted by Crippen LogP contribution is -2.17. The van der Waals surface area contributed by atoms with Gasteiger partial charge in [0.25, 0.3) is 0 Å². The molecule has 1 N–H and O–H groups in total. The zero-order valence-corrected chi connectivity index (χ0v) is 11.7. The van der Waals surface area contributed by atoms with Crippen LogP contribution >= 0.6 is 11.3 Å². The van der Waals surface area contributed by atoms with Gasteiger partial charge in [0.15, 0.2) is 5.13 Å². The van der Waals surface area contributed by atoms with Crippen LogP contribution in [0.3, 0.4) is 0 Å². The van der Waals surface area contributed by atoms with E-state index in [9.17, 15) is 4.79 Å². The first-order valence-corrected chi connectivity index (χ1v) is 6.85. The molecule has 0 aliphatic heterocycles. The minimum Gasteiger partial charge on any atom is -0.477 e. The Kier molecular flexibility index (Phi) is 4.33. The first-order chi connectivity index (χ1) is 9.63. The summed E-state index contributed by atoms with van der Waals surface area (Å²) >= 11 is 1.13. The molecule has 0 radical (unpaired) electrons. The molecule has 0 unspecified atom stereocenters. The number of anilines is 2. The molecule has 0 saturated heterocycles. The molecule has 0 spiro atoms. The molecule has 0 fully saturated rings. The van der Waals surface area contributed by atoms with Crippen molar-refractivity contribution in [1.82, 2.24) is 4.98 Å². The van der Waals surface area contributed by atoms with Crippen molar-refractivity contribution in [1.29, 1.82) is 5.26 Å². The maximum Gasteiger partial charge on any atom is 0.347 e. The second-order valence-electron chi connectivity index (χ2n) is 4.11. The highest BCUT2D eigenvalue weighted by molar-refractivity contribution is 7.17. The zero-order valence-electron chi connectivity index (χ0n) is 10.9. The number of rotatable bonds is 5. The monoisotopic (exact) mass is 287 g/mol.